The zero-order valence-corrected chi connectivity index (χ0v) is 12.1. The fourth-order valence-corrected chi connectivity index (χ4v) is 3.45. The van der Waals surface area contributed by atoms with Crippen LogP contribution in [-0.2, 0) is 4.79 Å². The summed E-state index contributed by atoms with van der Waals surface area (Å²) in [6, 6.07) is 0.127. The summed E-state index contributed by atoms with van der Waals surface area (Å²) in [5, 5.41) is 9.81. The van der Waals surface area contributed by atoms with Crippen LogP contribution in [0.2, 0.25) is 0 Å². The van der Waals surface area contributed by atoms with Gasteiger partial charge in [0.25, 0.3) is 0 Å². The van der Waals surface area contributed by atoms with Crippen LogP contribution in [0.3, 0.4) is 0 Å². The molecule has 2 atom stereocenters. The number of likely N-dealkylation sites (tertiary alicyclic amines) is 1. The summed E-state index contributed by atoms with van der Waals surface area (Å²) in [6.45, 7) is 1.27. The number of β-amino-alcohol motifs (C(OH)–C–C–N with tert-alkyl or cyclic N) is 1. The Kier molecular flexibility index (Phi) is 4.48. The Morgan fingerprint density at radius 2 is 2.05 bits per heavy atom. The second-order valence-corrected chi connectivity index (χ2v) is 6.60. The van der Waals surface area contributed by atoms with Crippen LogP contribution in [0.5, 0.6) is 0 Å². The van der Waals surface area contributed by atoms with E-state index in [1.54, 1.807) is 0 Å². The first-order chi connectivity index (χ1) is 8.89. The van der Waals surface area contributed by atoms with Gasteiger partial charge in [-0.1, -0.05) is 12.8 Å². The van der Waals surface area contributed by atoms with Gasteiger partial charge in [-0.25, -0.2) is 0 Å². The first-order valence-corrected chi connectivity index (χ1v) is 7.31. The molecule has 3 N–H and O–H groups in total. The van der Waals surface area contributed by atoms with Crippen LogP contribution >= 0.6 is 0 Å². The molecule has 19 heavy (non-hydrogen) atoms. The molecule has 0 bridgehead atoms. The van der Waals surface area contributed by atoms with Crippen LogP contribution in [0, 0.1) is 0 Å². The van der Waals surface area contributed by atoms with E-state index >= 15 is 0 Å². The smallest absolute Gasteiger partial charge is 0.224 e. The minimum atomic E-state index is -0.383. The van der Waals surface area contributed by atoms with Crippen molar-refractivity contribution in [3.05, 3.63) is 0 Å². The molecule has 5 nitrogen and oxygen atoms in total. The predicted octanol–water partition coefficient (Wildman–Crippen LogP) is 0.171. The van der Waals surface area contributed by atoms with Crippen LogP contribution in [-0.4, -0.2) is 65.7 Å². The maximum Gasteiger partial charge on any atom is 0.224 e. The lowest BCUT2D eigenvalue weighted by Gasteiger charge is -2.30. The summed E-state index contributed by atoms with van der Waals surface area (Å²) < 4.78 is 0. The van der Waals surface area contributed by atoms with Crippen molar-refractivity contribution in [2.24, 2.45) is 5.73 Å². The lowest BCUT2D eigenvalue weighted by Crippen LogP contribution is -2.47. The molecular formula is C14H27N3O2. The third-order valence-electron chi connectivity index (χ3n) is 4.39. The van der Waals surface area contributed by atoms with E-state index in [9.17, 15) is 9.90 Å². The highest BCUT2D eigenvalue weighted by atomic mass is 16.3. The molecule has 0 aromatic heterocycles. The molecule has 0 radical (unpaired) electrons. The quantitative estimate of drug-likeness (QED) is 0.763. The molecule has 2 unspecified atom stereocenters. The third-order valence-corrected chi connectivity index (χ3v) is 4.39. The van der Waals surface area contributed by atoms with Crippen LogP contribution in [0.1, 0.15) is 38.5 Å². The molecule has 1 saturated carbocycles. The topological polar surface area (TPSA) is 69.8 Å². The minimum absolute atomic E-state index is 0.118. The van der Waals surface area contributed by atoms with Gasteiger partial charge >= 0.3 is 0 Å². The molecule has 1 aliphatic heterocycles. The number of carbonyl (C=O) groups is 1. The van der Waals surface area contributed by atoms with Crippen LogP contribution < -0.4 is 5.73 Å². The highest BCUT2D eigenvalue weighted by molar-refractivity contribution is 5.78. The standard InChI is InChI=1S/C14H27N3O2/c1-16(2)9-11-7-12(18)10-17(11)13(19)8-14(15)5-3-4-6-14/h11-12,18H,3-10,15H2,1-2H3. The van der Waals surface area contributed by atoms with Gasteiger partial charge in [-0.15, -0.1) is 0 Å². The molecule has 0 aromatic carbocycles. The summed E-state index contributed by atoms with van der Waals surface area (Å²) in [5.74, 6) is 0.118. The van der Waals surface area contributed by atoms with E-state index in [1.807, 2.05) is 19.0 Å². The van der Waals surface area contributed by atoms with E-state index in [0.717, 1.165) is 32.2 Å². The highest BCUT2D eigenvalue weighted by Gasteiger charge is 2.38. The molecule has 5 heteroatoms. The van der Waals surface area contributed by atoms with Crippen molar-refractivity contribution < 1.29 is 9.90 Å². The SMILES string of the molecule is CN(C)CC1CC(O)CN1C(=O)CC1(N)CCCC1. The number of nitrogens with two attached hydrogens (primary N) is 1. The fraction of sp³-hybridized carbons (Fsp3) is 0.929. The Labute approximate surface area is 115 Å². The van der Waals surface area contributed by atoms with Crippen LogP contribution in [0.15, 0.2) is 0 Å². The van der Waals surface area contributed by atoms with Gasteiger partial charge in [0.05, 0.1) is 6.10 Å². The van der Waals surface area contributed by atoms with Gasteiger partial charge in [-0.2, -0.15) is 0 Å². The largest absolute Gasteiger partial charge is 0.391 e. The van der Waals surface area contributed by atoms with Crippen molar-refractivity contribution >= 4 is 5.91 Å². The van der Waals surface area contributed by atoms with E-state index in [-0.39, 0.29) is 23.6 Å². The molecule has 1 aliphatic carbocycles. The summed E-state index contributed by atoms with van der Waals surface area (Å²) >= 11 is 0. The second-order valence-electron chi connectivity index (χ2n) is 6.60. The Balaban J connectivity index is 1.96. The molecular weight excluding hydrogens is 242 g/mol. The zero-order valence-electron chi connectivity index (χ0n) is 12.1. The number of nitrogens with zero attached hydrogens (tertiary/aromatic N) is 2. The number of carbonyl (C=O) groups excluding carboxylic acids is 1. The highest BCUT2D eigenvalue weighted by Crippen LogP contribution is 2.31. The molecule has 2 fully saturated rings. The van der Waals surface area contributed by atoms with Crippen molar-refractivity contribution in [1.29, 1.82) is 0 Å². The number of rotatable bonds is 4. The Hall–Kier alpha value is -0.650. The molecule has 2 rings (SSSR count). The summed E-state index contributed by atoms with van der Waals surface area (Å²) in [4.78, 5) is 16.4. The van der Waals surface area contributed by atoms with Crippen LogP contribution in [0.4, 0.5) is 0 Å². The molecule has 1 amide bonds. The predicted molar refractivity (Wildman–Crippen MR) is 74.7 cm³/mol. The van der Waals surface area contributed by atoms with Gasteiger partial charge < -0.3 is 20.6 Å². The molecule has 110 valence electrons. The first kappa shape index (κ1) is 14.8. The summed E-state index contributed by atoms with van der Waals surface area (Å²) in [6.07, 6.45) is 4.90. The third kappa shape index (κ3) is 3.68. The van der Waals surface area contributed by atoms with Crippen molar-refractivity contribution in [3.8, 4) is 0 Å². The number of amides is 1. The minimum Gasteiger partial charge on any atom is -0.391 e. The molecule has 0 aromatic rings. The Morgan fingerprint density at radius 3 is 2.63 bits per heavy atom. The number of aliphatic hydroxyl groups excluding tert-OH is 1. The van der Waals surface area contributed by atoms with Crippen molar-refractivity contribution in [2.75, 3.05) is 27.2 Å². The van der Waals surface area contributed by atoms with Crippen molar-refractivity contribution in [1.82, 2.24) is 9.80 Å². The van der Waals surface area contributed by atoms with Gasteiger partial charge in [0.15, 0.2) is 0 Å². The Morgan fingerprint density at radius 1 is 1.42 bits per heavy atom. The maximum atomic E-state index is 12.5. The van der Waals surface area contributed by atoms with Crippen LogP contribution in [0.25, 0.3) is 0 Å². The number of likely N-dealkylation sites (N-methyl/N-ethyl adjacent to an activating group) is 1. The average molecular weight is 269 g/mol. The molecule has 1 saturated heterocycles. The molecule has 0 spiro atoms. The van der Waals surface area contributed by atoms with E-state index in [1.165, 1.54) is 0 Å². The number of aliphatic hydroxyl groups is 1. The second kappa shape index (κ2) is 5.77. The van der Waals surface area contributed by atoms with Gasteiger partial charge in [0.2, 0.25) is 5.91 Å². The lowest BCUT2D eigenvalue weighted by atomic mass is 9.94. The normalized spacial score (nSPS) is 30.3. The average Bonchev–Trinajstić information content (AvgIpc) is 2.84. The van der Waals surface area contributed by atoms with E-state index in [2.05, 4.69) is 4.90 Å². The summed E-state index contributed by atoms with van der Waals surface area (Å²) in [7, 11) is 3.99. The van der Waals surface area contributed by atoms with Gasteiger partial charge in [-0.3, -0.25) is 4.79 Å². The van der Waals surface area contributed by atoms with Gasteiger partial charge in [0, 0.05) is 31.1 Å². The lowest BCUT2D eigenvalue weighted by molar-refractivity contribution is -0.133. The fourth-order valence-electron chi connectivity index (χ4n) is 3.45. The monoisotopic (exact) mass is 269 g/mol. The van der Waals surface area contributed by atoms with Gasteiger partial charge in [0.1, 0.15) is 0 Å². The van der Waals surface area contributed by atoms with Crippen molar-refractivity contribution in [3.63, 3.8) is 0 Å². The van der Waals surface area contributed by atoms with E-state index in [4.69, 9.17) is 5.73 Å². The summed E-state index contributed by atoms with van der Waals surface area (Å²) in [5.41, 5.74) is 5.99. The zero-order chi connectivity index (χ0) is 14.0. The number of hydrogen-bond acceptors (Lipinski definition) is 4. The van der Waals surface area contributed by atoms with Crippen molar-refractivity contribution in [2.45, 2.75) is 56.2 Å². The molecule has 2 aliphatic rings. The Bertz CT molecular complexity index is 327. The number of hydrogen-bond donors (Lipinski definition) is 2. The van der Waals surface area contributed by atoms with E-state index in [0.29, 0.717) is 19.4 Å². The molecule has 1 heterocycles. The maximum absolute atomic E-state index is 12.5. The first-order valence-electron chi connectivity index (χ1n) is 7.31. The van der Waals surface area contributed by atoms with Gasteiger partial charge in [-0.05, 0) is 33.4 Å². The van der Waals surface area contributed by atoms with E-state index < -0.39 is 0 Å².